The molecule has 0 aromatic heterocycles. The van der Waals surface area contributed by atoms with E-state index in [1.807, 2.05) is 25.6 Å². The van der Waals surface area contributed by atoms with Gasteiger partial charge in [0.15, 0.2) is 0 Å². The predicted octanol–water partition coefficient (Wildman–Crippen LogP) is 0.606. The molecule has 1 rings (SSSR count). The molecule has 13 heavy (non-hydrogen) atoms. The predicted molar refractivity (Wildman–Crippen MR) is 57.0 cm³/mol. The van der Waals surface area contributed by atoms with E-state index in [4.69, 9.17) is 0 Å². The number of likely N-dealkylation sites (N-methyl/N-ethyl adjacent to an activating group) is 1. The number of rotatable bonds is 4. The molecule has 0 saturated carbocycles. The molecule has 1 heterocycles. The van der Waals surface area contributed by atoms with Gasteiger partial charge in [-0.2, -0.15) is 11.8 Å². The Balaban J connectivity index is 2.22. The van der Waals surface area contributed by atoms with Crippen LogP contribution in [0, 0.1) is 0 Å². The van der Waals surface area contributed by atoms with E-state index in [2.05, 4.69) is 10.6 Å². The van der Waals surface area contributed by atoms with E-state index in [-0.39, 0.29) is 11.9 Å². The third kappa shape index (κ3) is 3.56. The van der Waals surface area contributed by atoms with E-state index >= 15 is 0 Å². The van der Waals surface area contributed by atoms with Crippen molar-refractivity contribution in [3.63, 3.8) is 0 Å². The smallest absolute Gasteiger partial charge is 0.236 e. The number of amides is 1. The molecule has 0 aliphatic carbocycles. The molecule has 2 unspecified atom stereocenters. The maximum absolute atomic E-state index is 11.4. The van der Waals surface area contributed by atoms with E-state index in [1.165, 1.54) is 12.2 Å². The van der Waals surface area contributed by atoms with Gasteiger partial charge in [0.05, 0.1) is 6.04 Å². The quantitative estimate of drug-likeness (QED) is 0.701. The second-order valence-corrected chi connectivity index (χ2v) is 4.49. The first-order chi connectivity index (χ1) is 6.24. The van der Waals surface area contributed by atoms with Crippen molar-refractivity contribution >= 4 is 17.7 Å². The molecular weight excluding hydrogens is 184 g/mol. The maximum atomic E-state index is 11.4. The van der Waals surface area contributed by atoms with Crippen LogP contribution in [0.5, 0.6) is 0 Å². The molecule has 1 aliphatic rings. The van der Waals surface area contributed by atoms with Gasteiger partial charge >= 0.3 is 0 Å². The van der Waals surface area contributed by atoms with Crippen LogP contribution in [0.1, 0.15) is 20.3 Å². The molecule has 2 atom stereocenters. The van der Waals surface area contributed by atoms with Crippen LogP contribution >= 0.6 is 11.8 Å². The molecule has 0 bridgehead atoms. The Hall–Kier alpha value is -0.220. The number of carbonyl (C=O) groups is 1. The molecule has 4 heteroatoms. The van der Waals surface area contributed by atoms with Crippen molar-refractivity contribution in [1.29, 1.82) is 0 Å². The van der Waals surface area contributed by atoms with Crippen molar-refractivity contribution in [3.8, 4) is 0 Å². The van der Waals surface area contributed by atoms with Gasteiger partial charge in [0, 0.05) is 18.3 Å². The summed E-state index contributed by atoms with van der Waals surface area (Å²) >= 11 is 1.96. The van der Waals surface area contributed by atoms with Gasteiger partial charge in [-0.05, 0) is 26.0 Å². The number of hydrogen-bond donors (Lipinski definition) is 2. The monoisotopic (exact) mass is 202 g/mol. The van der Waals surface area contributed by atoms with Gasteiger partial charge in [-0.3, -0.25) is 4.79 Å². The van der Waals surface area contributed by atoms with Crippen LogP contribution in [0.4, 0.5) is 0 Å². The normalized spacial score (nSPS) is 24.3. The zero-order chi connectivity index (χ0) is 9.68. The van der Waals surface area contributed by atoms with Crippen LogP contribution in [0.3, 0.4) is 0 Å². The second-order valence-electron chi connectivity index (χ2n) is 3.34. The Morgan fingerprint density at radius 2 is 2.46 bits per heavy atom. The lowest BCUT2D eigenvalue weighted by molar-refractivity contribution is -0.122. The summed E-state index contributed by atoms with van der Waals surface area (Å²) in [6, 6.07) is 0.478. The van der Waals surface area contributed by atoms with Gasteiger partial charge in [0.1, 0.15) is 0 Å². The van der Waals surface area contributed by atoms with E-state index in [0.717, 1.165) is 5.75 Å². The first kappa shape index (κ1) is 10.9. The summed E-state index contributed by atoms with van der Waals surface area (Å²) in [6.07, 6.45) is 1.19. The van der Waals surface area contributed by atoms with E-state index in [1.54, 1.807) is 0 Å². The first-order valence-electron chi connectivity index (χ1n) is 4.85. The lowest BCUT2D eigenvalue weighted by Crippen LogP contribution is -2.46. The largest absolute Gasteiger partial charge is 0.355 e. The Kier molecular flexibility index (Phi) is 4.59. The summed E-state index contributed by atoms with van der Waals surface area (Å²) in [5, 5.41) is 6.14. The average molecular weight is 202 g/mol. The molecule has 0 aromatic carbocycles. The van der Waals surface area contributed by atoms with Crippen molar-refractivity contribution in [2.75, 3.05) is 18.1 Å². The van der Waals surface area contributed by atoms with Gasteiger partial charge < -0.3 is 10.6 Å². The summed E-state index contributed by atoms with van der Waals surface area (Å²) in [5.41, 5.74) is 0. The zero-order valence-corrected chi connectivity index (χ0v) is 9.12. The molecule has 2 N–H and O–H groups in total. The van der Waals surface area contributed by atoms with Gasteiger partial charge in [-0.25, -0.2) is 0 Å². The van der Waals surface area contributed by atoms with Crippen LogP contribution < -0.4 is 10.6 Å². The Labute approximate surface area is 84.0 Å². The van der Waals surface area contributed by atoms with Gasteiger partial charge in [-0.1, -0.05) is 0 Å². The summed E-state index contributed by atoms with van der Waals surface area (Å²) < 4.78 is 0. The highest BCUT2D eigenvalue weighted by atomic mass is 32.2. The highest BCUT2D eigenvalue weighted by Gasteiger charge is 2.20. The summed E-state index contributed by atoms with van der Waals surface area (Å²) in [7, 11) is 0. The number of carbonyl (C=O) groups excluding carboxylic acids is 1. The SMILES string of the molecule is CCNC(=O)C(C)NC1CCSC1. The zero-order valence-electron chi connectivity index (χ0n) is 8.30. The van der Waals surface area contributed by atoms with Gasteiger partial charge in [0.25, 0.3) is 0 Å². The second kappa shape index (κ2) is 5.50. The van der Waals surface area contributed by atoms with E-state index < -0.39 is 0 Å². The first-order valence-corrected chi connectivity index (χ1v) is 6.01. The van der Waals surface area contributed by atoms with Crippen molar-refractivity contribution < 1.29 is 4.79 Å². The van der Waals surface area contributed by atoms with Crippen LogP contribution in [0.2, 0.25) is 0 Å². The highest BCUT2D eigenvalue weighted by Crippen LogP contribution is 2.17. The van der Waals surface area contributed by atoms with E-state index in [9.17, 15) is 4.79 Å². The molecule has 1 saturated heterocycles. The fourth-order valence-electron chi connectivity index (χ4n) is 1.42. The third-order valence-electron chi connectivity index (χ3n) is 2.16. The molecule has 1 fully saturated rings. The standard InChI is InChI=1S/C9H18N2OS/c1-3-10-9(12)7(2)11-8-4-5-13-6-8/h7-8,11H,3-6H2,1-2H3,(H,10,12). The minimum atomic E-state index is -0.0522. The lowest BCUT2D eigenvalue weighted by atomic mass is 10.2. The fourth-order valence-corrected chi connectivity index (χ4v) is 2.59. The Morgan fingerprint density at radius 1 is 1.69 bits per heavy atom. The Bertz CT molecular complexity index is 169. The third-order valence-corrected chi connectivity index (χ3v) is 3.32. The fraction of sp³-hybridized carbons (Fsp3) is 0.889. The van der Waals surface area contributed by atoms with Gasteiger partial charge in [0.2, 0.25) is 5.91 Å². The van der Waals surface area contributed by atoms with Crippen LogP contribution in [-0.4, -0.2) is 36.0 Å². The summed E-state index contributed by atoms with van der Waals surface area (Å²) in [6.45, 7) is 4.58. The van der Waals surface area contributed by atoms with Crippen molar-refractivity contribution in [3.05, 3.63) is 0 Å². The number of thioether (sulfide) groups is 1. The molecule has 0 radical (unpaired) electrons. The molecule has 0 aromatic rings. The average Bonchev–Trinajstić information content (AvgIpc) is 2.57. The summed E-state index contributed by atoms with van der Waals surface area (Å²) in [5.74, 6) is 2.48. The maximum Gasteiger partial charge on any atom is 0.236 e. The summed E-state index contributed by atoms with van der Waals surface area (Å²) in [4.78, 5) is 11.4. The number of nitrogens with one attached hydrogen (secondary N) is 2. The van der Waals surface area contributed by atoms with Crippen molar-refractivity contribution in [2.45, 2.75) is 32.4 Å². The molecule has 1 amide bonds. The van der Waals surface area contributed by atoms with Crippen LogP contribution in [0.25, 0.3) is 0 Å². The van der Waals surface area contributed by atoms with Crippen LogP contribution in [0.15, 0.2) is 0 Å². The van der Waals surface area contributed by atoms with Crippen molar-refractivity contribution in [1.82, 2.24) is 10.6 Å². The Morgan fingerprint density at radius 3 is 3.00 bits per heavy atom. The van der Waals surface area contributed by atoms with Crippen molar-refractivity contribution in [2.24, 2.45) is 0 Å². The van der Waals surface area contributed by atoms with Gasteiger partial charge in [-0.15, -0.1) is 0 Å². The minimum Gasteiger partial charge on any atom is -0.355 e. The van der Waals surface area contributed by atoms with Crippen LogP contribution in [-0.2, 0) is 4.79 Å². The topological polar surface area (TPSA) is 41.1 Å². The molecule has 76 valence electrons. The molecule has 0 spiro atoms. The lowest BCUT2D eigenvalue weighted by Gasteiger charge is -2.17. The van der Waals surface area contributed by atoms with E-state index in [0.29, 0.717) is 12.6 Å². The number of hydrogen-bond acceptors (Lipinski definition) is 3. The molecule has 3 nitrogen and oxygen atoms in total. The molecular formula is C9H18N2OS. The molecule has 1 aliphatic heterocycles. The highest BCUT2D eigenvalue weighted by molar-refractivity contribution is 7.99. The minimum absolute atomic E-state index is 0.0522.